The number of piperidine rings is 1. The van der Waals surface area contributed by atoms with Gasteiger partial charge in [-0.15, -0.1) is 0 Å². The summed E-state index contributed by atoms with van der Waals surface area (Å²) in [6.45, 7) is 3.24. The molecule has 0 aliphatic carbocycles. The molecule has 21 heavy (non-hydrogen) atoms. The Labute approximate surface area is 122 Å². The van der Waals surface area contributed by atoms with E-state index in [1.165, 1.54) is 24.1 Å². The van der Waals surface area contributed by atoms with E-state index in [2.05, 4.69) is 43.4 Å². The van der Waals surface area contributed by atoms with Crippen LogP contribution in [0.5, 0.6) is 0 Å². The molecule has 0 unspecified atom stereocenters. The number of aromatic amines is 1. The summed E-state index contributed by atoms with van der Waals surface area (Å²) in [5.74, 6) is 0.628. The lowest BCUT2D eigenvalue weighted by Crippen LogP contribution is -2.32. The topological polar surface area (TPSA) is 62.1 Å². The largest absolute Gasteiger partial charge is 0.299 e. The van der Waals surface area contributed by atoms with E-state index in [0.29, 0.717) is 5.92 Å². The van der Waals surface area contributed by atoms with Gasteiger partial charge in [-0.3, -0.25) is 10.00 Å². The van der Waals surface area contributed by atoms with Crippen molar-refractivity contribution in [2.24, 2.45) is 0 Å². The second kappa shape index (κ2) is 5.29. The number of likely N-dealkylation sites (tertiary alicyclic amines) is 1. The van der Waals surface area contributed by atoms with Gasteiger partial charge in [-0.2, -0.15) is 10.2 Å². The Morgan fingerprint density at radius 2 is 2.14 bits per heavy atom. The first-order valence-corrected chi connectivity index (χ1v) is 7.38. The molecule has 108 valence electrons. The van der Waals surface area contributed by atoms with E-state index < -0.39 is 0 Å². The minimum atomic E-state index is 0.628. The van der Waals surface area contributed by atoms with E-state index in [1.54, 1.807) is 10.8 Å². The molecule has 4 rings (SSSR count). The van der Waals surface area contributed by atoms with E-state index in [-0.39, 0.29) is 0 Å². The quantitative estimate of drug-likeness (QED) is 0.796. The van der Waals surface area contributed by atoms with Gasteiger partial charge in [0.2, 0.25) is 0 Å². The fourth-order valence-corrected chi connectivity index (χ4v) is 3.11. The number of hydrogen-bond acceptors (Lipinski definition) is 4. The highest BCUT2D eigenvalue weighted by atomic mass is 15.3. The van der Waals surface area contributed by atoms with Crippen LogP contribution in [0.25, 0.3) is 5.65 Å². The van der Waals surface area contributed by atoms with Gasteiger partial charge in [0.15, 0.2) is 5.65 Å². The third kappa shape index (κ3) is 2.54. The fourth-order valence-electron chi connectivity index (χ4n) is 3.11. The maximum atomic E-state index is 4.24. The monoisotopic (exact) mass is 282 g/mol. The van der Waals surface area contributed by atoms with Gasteiger partial charge in [-0.05, 0) is 49.7 Å². The molecule has 3 aromatic heterocycles. The summed E-state index contributed by atoms with van der Waals surface area (Å²) in [6, 6.07) is 6.34. The second-order valence-corrected chi connectivity index (χ2v) is 5.66. The molecule has 0 aromatic carbocycles. The number of nitrogens with one attached hydrogen (secondary N) is 1. The molecule has 3 aromatic rings. The molecule has 0 bridgehead atoms. The van der Waals surface area contributed by atoms with Crippen LogP contribution in [0.15, 0.2) is 36.9 Å². The molecule has 0 amide bonds. The SMILES string of the molecule is c1cc(C2CCN(Cc3ccn4ncnc4c3)CC2)[nH]n1. The van der Waals surface area contributed by atoms with Gasteiger partial charge in [0, 0.05) is 30.6 Å². The maximum Gasteiger partial charge on any atom is 0.155 e. The highest BCUT2D eigenvalue weighted by Crippen LogP contribution is 2.27. The van der Waals surface area contributed by atoms with Gasteiger partial charge >= 0.3 is 0 Å². The van der Waals surface area contributed by atoms with Gasteiger partial charge in [-0.25, -0.2) is 9.50 Å². The van der Waals surface area contributed by atoms with Gasteiger partial charge < -0.3 is 0 Å². The molecule has 1 aliphatic heterocycles. The number of fused-ring (bicyclic) bond motifs is 1. The zero-order valence-corrected chi connectivity index (χ0v) is 11.8. The van der Waals surface area contributed by atoms with Crippen LogP contribution in [-0.4, -0.2) is 42.8 Å². The molecule has 4 heterocycles. The Morgan fingerprint density at radius 3 is 2.95 bits per heavy atom. The summed E-state index contributed by atoms with van der Waals surface area (Å²) in [7, 11) is 0. The third-order valence-corrected chi connectivity index (χ3v) is 4.30. The van der Waals surface area contributed by atoms with E-state index in [1.807, 2.05) is 12.4 Å². The van der Waals surface area contributed by atoms with E-state index in [4.69, 9.17) is 0 Å². The van der Waals surface area contributed by atoms with Crippen LogP contribution >= 0.6 is 0 Å². The van der Waals surface area contributed by atoms with Crippen molar-refractivity contribution in [1.82, 2.24) is 29.7 Å². The average molecular weight is 282 g/mol. The van der Waals surface area contributed by atoms with E-state index in [9.17, 15) is 0 Å². The molecule has 0 spiro atoms. The van der Waals surface area contributed by atoms with Gasteiger partial charge in [-0.1, -0.05) is 0 Å². The summed E-state index contributed by atoms with van der Waals surface area (Å²) in [5.41, 5.74) is 3.50. The lowest BCUT2D eigenvalue weighted by atomic mass is 9.93. The Bertz CT molecular complexity index is 709. The molecule has 0 atom stereocenters. The number of H-pyrrole nitrogens is 1. The van der Waals surface area contributed by atoms with Crippen LogP contribution in [0, 0.1) is 0 Å². The van der Waals surface area contributed by atoms with Crippen molar-refractivity contribution >= 4 is 5.65 Å². The standard InChI is InChI=1S/C15H18N6/c1-5-17-19-14(1)13-3-6-20(7-4-13)10-12-2-8-21-15(9-12)16-11-18-21/h1-2,5,8-9,11,13H,3-4,6-7,10H2,(H,17,19). The van der Waals surface area contributed by atoms with Crippen molar-refractivity contribution in [3.8, 4) is 0 Å². The molecule has 1 saturated heterocycles. The van der Waals surface area contributed by atoms with Gasteiger partial charge in [0.25, 0.3) is 0 Å². The van der Waals surface area contributed by atoms with Crippen LogP contribution in [0.4, 0.5) is 0 Å². The molecule has 1 aliphatic rings. The Hall–Kier alpha value is -2.21. The van der Waals surface area contributed by atoms with Crippen LogP contribution in [0.2, 0.25) is 0 Å². The highest BCUT2D eigenvalue weighted by molar-refractivity contribution is 5.39. The molecular formula is C15H18N6. The van der Waals surface area contributed by atoms with Crippen LogP contribution in [-0.2, 0) is 6.54 Å². The number of nitrogens with zero attached hydrogens (tertiary/aromatic N) is 5. The summed E-state index contributed by atoms with van der Waals surface area (Å²) in [6.07, 6.45) is 7.80. The van der Waals surface area contributed by atoms with Gasteiger partial charge in [0.05, 0.1) is 0 Å². The number of hydrogen-bond donors (Lipinski definition) is 1. The first kappa shape index (κ1) is 12.5. The summed E-state index contributed by atoms with van der Waals surface area (Å²) in [4.78, 5) is 6.75. The van der Waals surface area contributed by atoms with Crippen LogP contribution in [0.3, 0.4) is 0 Å². The molecule has 6 nitrogen and oxygen atoms in total. The lowest BCUT2D eigenvalue weighted by Gasteiger charge is -2.31. The Kier molecular flexibility index (Phi) is 3.16. The first-order valence-electron chi connectivity index (χ1n) is 7.38. The zero-order valence-electron chi connectivity index (χ0n) is 11.8. The van der Waals surface area contributed by atoms with Crippen molar-refractivity contribution in [2.45, 2.75) is 25.3 Å². The smallest absolute Gasteiger partial charge is 0.155 e. The molecular weight excluding hydrogens is 264 g/mol. The van der Waals surface area contributed by atoms with Crippen molar-refractivity contribution in [3.05, 3.63) is 48.2 Å². The number of aromatic nitrogens is 5. The van der Waals surface area contributed by atoms with Crippen molar-refractivity contribution in [1.29, 1.82) is 0 Å². The predicted octanol–water partition coefficient (Wildman–Crippen LogP) is 1.83. The fraction of sp³-hybridized carbons (Fsp3) is 0.400. The Balaban J connectivity index is 1.40. The minimum Gasteiger partial charge on any atom is -0.299 e. The zero-order chi connectivity index (χ0) is 14.1. The van der Waals surface area contributed by atoms with Crippen molar-refractivity contribution in [2.75, 3.05) is 13.1 Å². The van der Waals surface area contributed by atoms with Crippen LogP contribution in [0.1, 0.15) is 30.0 Å². The molecule has 1 N–H and O–H groups in total. The van der Waals surface area contributed by atoms with Crippen molar-refractivity contribution in [3.63, 3.8) is 0 Å². The van der Waals surface area contributed by atoms with E-state index in [0.717, 1.165) is 25.3 Å². The predicted molar refractivity (Wildman–Crippen MR) is 78.8 cm³/mol. The molecule has 0 saturated carbocycles. The van der Waals surface area contributed by atoms with Crippen LogP contribution < -0.4 is 0 Å². The summed E-state index contributed by atoms with van der Waals surface area (Å²) < 4.78 is 1.80. The number of rotatable bonds is 3. The summed E-state index contributed by atoms with van der Waals surface area (Å²) >= 11 is 0. The second-order valence-electron chi connectivity index (χ2n) is 5.66. The minimum absolute atomic E-state index is 0.628. The molecule has 1 fully saturated rings. The number of pyridine rings is 1. The van der Waals surface area contributed by atoms with Crippen molar-refractivity contribution < 1.29 is 0 Å². The third-order valence-electron chi connectivity index (χ3n) is 4.30. The van der Waals surface area contributed by atoms with E-state index >= 15 is 0 Å². The van der Waals surface area contributed by atoms with Gasteiger partial charge in [0.1, 0.15) is 6.33 Å². The summed E-state index contributed by atoms with van der Waals surface area (Å²) in [5, 5.41) is 11.3. The molecule has 0 radical (unpaired) electrons. The Morgan fingerprint density at radius 1 is 1.24 bits per heavy atom. The highest BCUT2D eigenvalue weighted by Gasteiger charge is 2.21. The molecule has 6 heteroatoms. The first-order chi connectivity index (χ1) is 10.4. The normalized spacial score (nSPS) is 17.5. The lowest BCUT2D eigenvalue weighted by molar-refractivity contribution is 0.203. The average Bonchev–Trinajstić information content (AvgIpc) is 3.19. The maximum absolute atomic E-state index is 4.24.